The van der Waals surface area contributed by atoms with Gasteiger partial charge in [0.25, 0.3) is 0 Å². The summed E-state index contributed by atoms with van der Waals surface area (Å²) in [5.74, 6) is 0.320. The van der Waals surface area contributed by atoms with Gasteiger partial charge in [0.15, 0.2) is 0 Å². The molecule has 2 atom stereocenters. The van der Waals surface area contributed by atoms with E-state index in [0.717, 1.165) is 45.1 Å². The van der Waals surface area contributed by atoms with Gasteiger partial charge in [0.05, 0.1) is 18.3 Å². The third-order valence-electron chi connectivity index (χ3n) is 4.29. The fourth-order valence-corrected chi connectivity index (χ4v) is 3.28. The van der Waals surface area contributed by atoms with Crippen LogP contribution >= 0.6 is 0 Å². The zero-order chi connectivity index (χ0) is 13.8. The molecule has 2 rings (SSSR count). The summed E-state index contributed by atoms with van der Waals surface area (Å²) in [4.78, 5) is 14.6. The molecule has 2 fully saturated rings. The monoisotopic (exact) mass is 268 g/mol. The predicted octanol–water partition coefficient (Wildman–Crippen LogP) is 2.28. The second kappa shape index (κ2) is 6.71. The molecule has 1 N–H and O–H groups in total. The first-order valence-corrected chi connectivity index (χ1v) is 7.91. The van der Waals surface area contributed by atoms with E-state index in [4.69, 9.17) is 4.74 Å². The van der Waals surface area contributed by atoms with E-state index >= 15 is 0 Å². The number of nitrogens with one attached hydrogen (secondary N) is 1. The van der Waals surface area contributed by atoms with E-state index in [2.05, 4.69) is 24.1 Å². The largest absolute Gasteiger partial charge is 0.378 e. The first-order chi connectivity index (χ1) is 9.21. The van der Waals surface area contributed by atoms with Crippen molar-refractivity contribution in [1.82, 2.24) is 10.2 Å². The number of hydrogen-bond donors (Lipinski definition) is 1. The molecule has 0 aromatic rings. The molecule has 1 saturated carbocycles. The Morgan fingerprint density at radius 1 is 1.21 bits per heavy atom. The minimum atomic E-state index is 0.0488. The standard InChI is InChI=1S/C15H28N2O2/c1-4-7-13-15(18)17(14(16-13)8-5-2)11-9-12(10-11)19-6-3/h11-14,16H,4-10H2,1-3H3. The van der Waals surface area contributed by atoms with Crippen molar-refractivity contribution < 1.29 is 9.53 Å². The molecule has 1 saturated heterocycles. The minimum Gasteiger partial charge on any atom is -0.378 e. The van der Waals surface area contributed by atoms with Crippen LogP contribution in [0.3, 0.4) is 0 Å². The predicted molar refractivity (Wildman–Crippen MR) is 75.8 cm³/mol. The fourth-order valence-electron chi connectivity index (χ4n) is 3.28. The minimum absolute atomic E-state index is 0.0488. The van der Waals surface area contributed by atoms with Crippen LogP contribution in [-0.4, -0.2) is 41.8 Å². The molecule has 1 heterocycles. The van der Waals surface area contributed by atoms with Gasteiger partial charge < -0.3 is 9.64 Å². The molecule has 0 radical (unpaired) electrons. The lowest BCUT2D eigenvalue weighted by molar-refractivity contribution is -0.138. The molecule has 0 aromatic heterocycles. The molecule has 0 spiro atoms. The Bertz CT molecular complexity index is 303. The maximum Gasteiger partial charge on any atom is 0.241 e. The lowest BCUT2D eigenvalue weighted by atomic mass is 9.87. The summed E-state index contributed by atoms with van der Waals surface area (Å²) >= 11 is 0. The van der Waals surface area contributed by atoms with Crippen LogP contribution in [0, 0.1) is 0 Å². The highest BCUT2D eigenvalue weighted by Gasteiger charge is 2.45. The molecule has 4 nitrogen and oxygen atoms in total. The molecule has 4 heteroatoms. The number of nitrogens with zero attached hydrogens (tertiary/aromatic N) is 1. The van der Waals surface area contributed by atoms with Crippen molar-refractivity contribution in [3.05, 3.63) is 0 Å². The van der Waals surface area contributed by atoms with Gasteiger partial charge in [0.2, 0.25) is 5.91 Å². The Labute approximate surface area is 116 Å². The smallest absolute Gasteiger partial charge is 0.241 e. The van der Waals surface area contributed by atoms with Crippen molar-refractivity contribution in [1.29, 1.82) is 0 Å². The van der Waals surface area contributed by atoms with Gasteiger partial charge in [-0.15, -0.1) is 0 Å². The van der Waals surface area contributed by atoms with Gasteiger partial charge in [0.1, 0.15) is 0 Å². The third kappa shape index (κ3) is 3.11. The molecular weight excluding hydrogens is 240 g/mol. The van der Waals surface area contributed by atoms with Crippen LogP contribution in [0.2, 0.25) is 0 Å². The molecule has 2 aliphatic rings. The van der Waals surface area contributed by atoms with Crippen LogP contribution in [-0.2, 0) is 9.53 Å². The maximum atomic E-state index is 12.5. The summed E-state index contributed by atoms with van der Waals surface area (Å²) in [7, 11) is 0. The molecule has 1 amide bonds. The van der Waals surface area contributed by atoms with Crippen LogP contribution < -0.4 is 5.32 Å². The van der Waals surface area contributed by atoms with Crippen LogP contribution in [0.15, 0.2) is 0 Å². The van der Waals surface area contributed by atoms with Crippen LogP contribution in [0.25, 0.3) is 0 Å². The van der Waals surface area contributed by atoms with Gasteiger partial charge in [-0.05, 0) is 32.6 Å². The third-order valence-corrected chi connectivity index (χ3v) is 4.29. The second-order valence-corrected chi connectivity index (χ2v) is 5.76. The Balaban J connectivity index is 1.94. The molecule has 19 heavy (non-hydrogen) atoms. The van der Waals surface area contributed by atoms with Crippen LogP contribution in [0.5, 0.6) is 0 Å². The van der Waals surface area contributed by atoms with Crippen molar-refractivity contribution in [3.8, 4) is 0 Å². The van der Waals surface area contributed by atoms with Gasteiger partial charge in [-0.3, -0.25) is 10.1 Å². The number of carbonyl (C=O) groups is 1. The molecule has 1 aliphatic heterocycles. The van der Waals surface area contributed by atoms with E-state index in [1.807, 2.05) is 6.92 Å². The highest BCUT2D eigenvalue weighted by atomic mass is 16.5. The Kier molecular flexibility index (Phi) is 5.22. The van der Waals surface area contributed by atoms with E-state index in [9.17, 15) is 4.79 Å². The first kappa shape index (κ1) is 14.8. The number of ether oxygens (including phenoxy) is 1. The van der Waals surface area contributed by atoms with E-state index in [-0.39, 0.29) is 12.2 Å². The molecule has 110 valence electrons. The summed E-state index contributed by atoms with van der Waals surface area (Å²) in [6, 6.07) is 0.447. The van der Waals surface area contributed by atoms with Crippen molar-refractivity contribution in [2.24, 2.45) is 0 Å². The maximum absolute atomic E-state index is 12.5. The lowest BCUT2D eigenvalue weighted by Crippen LogP contribution is -2.53. The number of carbonyl (C=O) groups excluding carboxylic acids is 1. The number of amides is 1. The van der Waals surface area contributed by atoms with E-state index in [1.54, 1.807) is 0 Å². The summed E-state index contributed by atoms with van der Waals surface area (Å²) < 4.78 is 5.61. The zero-order valence-corrected chi connectivity index (χ0v) is 12.5. The summed E-state index contributed by atoms with van der Waals surface area (Å²) in [6.45, 7) is 7.13. The molecule has 1 aliphatic carbocycles. The van der Waals surface area contributed by atoms with Crippen molar-refractivity contribution in [2.45, 2.75) is 83.6 Å². The van der Waals surface area contributed by atoms with E-state index < -0.39 is 0 Å². The Hall–Kier alpha value is -0.610. The summed E-state index contributed by atoms with van der Waals surface area (Å²) in [6.07, 6.45) is 6.83. The average molecular weight is 268 g/mol. The van der Waals surface area contributed by atoms with Gasteiger partial charge >= 0.3 is 0 Å². The molecule has 2 unspecified atom stereocenters. The topological polar surface area (TPSA) is 41.6 Å². The molecular formula is C15H28N2O2. The van der Waals surface area contributed by atoms with Gasteiger partial charge in [-0.2, -0.15) is 0 Å². The van der Waals surface area contributed by atoms with Gasteiger partial charge in [-0.25, -0.2) is 0 Å². The summed E-state index contributed by atoms with van der Waals surface area (Å²) in [5, 5.41) is 3.52. The van der Waals surface area contributed by atoms with E-state index in [1.165, 1.54) is 0 Å². The van der Waals surface area contributed by atoms with Gasteiger partial charge in [-0.1, -0.05) is 26.7 Å². The normalized spacial score (nSPS) is 34.7. The number of hydrogen-bond acceptors (Lipinski definition) is 3. The molecule has 0 bridgehead atoms. The quantitative estimate of drug-likeness (QED) is 0.770. The molecule has 0 aromatic carbocycles. The highest BCUT2D eigenvalue weighted by Crippen LogP contribution is 2.33. The van der Waals surface area contributed by atoms with E-state index in [0.29, 0.717) is 18.1 Å². The Morgan fingerprint density at radius 3 is 2.47 bits per heavy atom. The Morgan fingerprint density at radius 2 is 1.89 bits per heavy atom. The van der Waals surface area contributed by atoms with Crippen molar-refractivity contribution in [2.75, 3.05) is 6.61 Å². The highest BCUT2D eigenvalue weighted by molar-refractivity contribution is 5.84. The first-order valence-electron chi connectivity index (χ1n) is 7.91. The summed E-state index contributed by atoms with van der Waals surface area (Å²) in [5.41, 5.74) is 0. The zero-order valence-electron chi connectivity index (χ0n) is 12.5. The van der Waals surface area contributed by atoms with Crippen molar-refractivity contribution in [3.63, 3.8) is 0 Å². The lowest BCUT2D eigenvalue weighted by Gasteiger charge is -2.43. The van der Waals surface area contributed by atoms with Crippen LogP contribution in [0.1, 0.15) is 59.3 Å². The van der Waals surface area contributed by atoms with Gasteiger partial charge in [0, 0.05) is 12.6 Å². The van der Waals surface area contributed by atoms with Crippen molar-refractivity contribution >= 4 is 5.91 Å². The fraction of sp³-hybridized carbons (Fsp3) is 0.933. The number of rotatable bonds is 7. The second-order valence-electron chi connectivity index (χ2n) is 5.76. The SMILES string of the molecule is CCCC1NC(CCC)N(C2CC(OCC)C2)C1=O. The van der Waals surface area contributed by atoms with Crippen LogP contribution in [0.4, 0.5) is 0 Å². The average Bonchev–Trinajstić information content (AvgIpc) is 2.62.